The van der Waals surface area contributed by atoms with Crippen molar-refractivity contribution in [3.05, 3.63) is 65.0 Å². The average molecular weight is 390 g/mol. The van der Waals surface area contributed by atoms with Crippen molar-refractivity contribution in [1.29, 1.82) is 0 Å². The molecule has 1 unspecified atom stereocenters. The molecular weight excluding hydrogens is 367 g/mol. The summed E-state index contributed by atoms with van der Waals surface area (Å²) in [6, 6.07) is 11.2. The fourth-order valence-electron chi connectivity index (χ4n) is 3.36. The summed E-state index contributed by atoms with van der Waals surface area (Å²) in [4.78, 5) is 14.2. The number of halogens is 1. The molecule has 0 aliphatic carbocycles. The Morgan fingerprint density at radius 2 is 1.85 bits per heavy atom. The van der Waals surface area contributed by atoms with Crippen LogP contribution in [0.1, 0.15) is 23.1 Å². The minimum absolute atomic E-state index is 0.0185. The van der Waals surface area contributed by atoms with E-state index < -0.39 is 10.0 Å². The molecule has 1 amide bonds. The Morgan fingerprint density at radius 1 is 1.15 bits per heavy atom. The van der Waals surface area contributed by atoms with E-state index >= 15 is 0 Å². The van der Waals surface area contributed by atoms with Crippen molar-refractivity contribution in [1.82, 2.24) is 9.62 Å². The highest BCUT2D eigenvalue weighted by atomic mass is 32.2. The molecule has 0 spiro atoms. The minimum atomic E-state index is -3.62. The molecule has 0 saturated carbocycles. The number of hydrogen-bond acceptors (Lipinski definition) is 3. The Balaban J connectivity index is 1.60. The monoisotopic (exact) mass is 390 g/mol. The summed E-state index contributed by atoms with van der Waals surface area (Å²) in [5, 5.41) is 0. The van der Waals surface area contributed by atoms with E-state index in [0.29, 0.717) is 25.1 Å². The lowest BCUT2D eigenvalue weighted by Crippen LogP contribution is -2.31. The predicted octanol–water partition coefficient (Wildman–Crippen LogP) is 2.77. The molecule has 2 aromatic carbocycles. The van der Waals surface area contributed by atoms with Crippen LogP contribution in [0.25, 0.3) is 0 Å². The second kappa shape index (κ2) is 7.78. The van der Waals surface area contributed by atoms with Crippen LogP contribution in [0.5, 0.6) is 0 Å². The van der Waals surface area contributed by atoms with Crippen molar-refractivity contribution in [3.8, 4) is 0 Å². The molecular formula is C20H23FN2O3S. The maximum absolute atomic E-state index is 13.0. The predicted molar refractivity (Wildman–Crippen MR) is 101 cm³/mol. The van der Waals surface area contributed by atoms with Crippen LogP contribution in [-0.4, -0.2) is 32.3 Å². The number of sulfonamides is 1. The van der Waals surface area contributed by atoms with Gasteiger partial charge in [-0.2, -0.15) is 0 Å². The lowest BCUT2D eigenvalue weighted by Gasteiger charge is -2.17. The number of hydrogen-bond donors (Lipinski definition) is 1. The smallest absolute Gasteiger partial charge is 0.240 e. The summed E-state index contributed by atoms with van der Waals surface area (Å²) < 4.78 is 40.8. The first-order valence-electron chi connectivity index (χ1n) is 8.84. The number of rotatable bonds is 6. The van der Waals surface area contributed by atoms with Gasteiger partial charge in [-0.3, -0.25) is 4.79 Å². The van der Waals surface area contributed by atoms with Gasteiger partial charge in [0.05, 0.1) is 4.90 Å². The van der Waals surface area contributed by atoms with Crippen LogP contribution < -0.4 is 4.72 Å². The Labute approximate surface area is 159 Å². The number of amides is 1. The highest BCUT2D eigenvalue weighted by Crippen LogP contribution is 2.21. The Bertz CT molecular complexity index is 942. The molecule has 1 fully saturated rings. The third-order valence-corrected chi connectivity index (χ3v) is 6.35. The molecule has 1 heterocycles. The summed E-state index contributed by atoms with van der Waals surface area (Å²) in [6.45, 7) is 4.77. The molecule has 7 heteroatoms. The molecule has 0 radical (unpaired) electrons. The molecule has 1 aliphatic heterocycles. The summed E-state index contributed by atoms with van der Waals surface area (Å²) in [7, 11) is -3.62. The molecule has 1 N–H and O–H groups in total. The van der Waals surface area contributed by atoms with Gasteiger partial charge in [-0.1, -0.05) is 29.8 Å². The minimum Gasteiger partial charge on any atom is -0.338 e. The molecule has 3 rings (SSSR count). The molecule has 1 saturated heterocycles. The lowest BCUT2D eigenvalue weighted by atomic mass is 10.1. The van der Waals surface area contributed by atoms with Crippen LogP contribution in [0.15, 0.2) is 47.4 Å². The van der Waals surface area contributed by atoms with Crippen molar-refractivity contribution >= 4 is 15.9 Å². The topological polar surface area (TPSA) is 66.5 Å². The van der Waals surface area contributed by atoms with E-state index in [-0.39, 0.29) is 29.1 Å². The van der Waals surface area contributed by atoms with Gasteiger partial charge >= 0.3 is 0 Å². The van der Waals surface area contributed by atoms with Gasteiger partial charge in [0, 0.05) is 26.1 Å². The van der Waals surface area contributed by atoms with E-state index in [0.717, 1.165) is 11.1 Å². The third kappa shape index (κ3) is 4.73. The van der Waals surface area contributed by atoms with Crippen molar-refractivity contribution in [2.45, 2.75) is 31.7 Å². The maximum atomic E-state index is 13.0. The normalized spacial score (nSPS) is 17.5. The van der Waals surface area contributed by atoms with Gasteiger partial charge in [0.15, 0.2) is 0 Å². The van der Waals surface area contributed by atoms with Gasteiger partial charge in [-0.05, 0) is 49.1 Å². The first-order chi connectivity index (χ1) is 12.7. The van der Waals surface area contributed by atoms with Crippen LogP contribution in [0.2, 0.25) is 0 Å². The van der Waals surface area contributed by atoms with E-state index in [1.165, 1.54) is 12.1 Å². The number of aryl methyl sites for hydroxylation is 2. The van der Waals surface area contributed by atoms with Gasteiger partial charge in [0.1, 0.15) is 5.82 Å². The van der Waals surface area contributed by atoms with Crippen molar-refractivity contribution in [2.24, 2.45) is 5.92 Å². The van der Waals surface area contributed by atoms with Crippen LogP contribution >= 0.6 is 0 Å². The maximum Gasteiger partial charge on any atom is 0.240 e. The Morgan fingerprint density at radius 3 is 2.52 bits per heavy atom. The van der Waals surface area contributed by atoms with Gasteiger partial charge in [-0.15, -0.1) is 0 Å². The Kier molecular flexibility index (Phi) is 5.62. The van der Waals surface area contributed by atoms with E-state index in [1.807, 2.05) is 13.0 Å². The first kappa shape index (κ1) is 19.5. The molecule has 0 bridgehead atoms. The number of carbonyl (C=O) groups excluding carboxylic acids is 1. The largest absolute Gasteiger partial charge is 0.338 e. The van der Waals surface area contributed by atoms with Crippen LogP contribution in [0, 0.1) is 25.6 Å². The lowest BCUT2D eigenvalue weighted by molar-refractivity contribution is -0.128. The molecule has 144 valence electrons. The number of likely N-dealkylation sites (tertiary alicyclic amines) is 1. The summed E-state index contributed by atoms with van der Waals surface area (Å²) in [5.41, 5.74) is 2.55. The SMILES string of the molecule is Cc1ccc(S(=O)(=O)NCC2CC(=O)N(Cc3ccc(F)cc3)C2)c(C)c1. The van der Waals surface area contributed by atoms with Gasteiger partial charge in [-0.25, -0.2) is 17.5 Å². The number of benzene rings is 2. The van der Waals surface area contributed by atoms with Crippen molar-refractivity contribution in [2.75, 3.05) is 13.1 Å². The fourth-order valence-corrected chi connectivity index (χ4v) is 4.70. The first-order valence-corrected chi connectivity index (χ1v) is 10.3. The standard InChI is InChI=1S/C20H23FN2O3S/c1-14-3-8-19(15(2)9-14)27(25,26)22-11-17-10-20(24)23(13-17)12-16-4-6-18(21)7-5-16/h3-9,17,22H,10-13H2,1-2H3. The summed E-state index contributed by atoms with van der Waals surface area (Å²) in [5.74, 6) is -0.418. The summed E-state index contributed by atoms with van der Waals surface area (Å²) >= 11 is 0. The number of carbonyl (C=O) groups is 1. The molecule has 0 aromatic heterocycles. The number of nitrogens with one attached hydrogen (secondary N) is 1. The van der Waals surface area contributed by atoms with Crippen molar-refractivity contribution in [3.63, 3.8) is 0 Å². The van der Waals surface area contributed by atoms with E-state index in [9.17, 15) is 17.6 Å². The van der Waals surface area contributed by atoms with Gasteiger partial charge < -0.3 is 4.90 Å². The highest BCUT2D eigenvalue weighted by Gasteiger charge is 2.30. The summed E-state index contributed by atoms with van der Waals surface area (Å²) in [6.07, 6.45) is 0.302. The van der Waals surface area contributed by atoms with E-state index in [2.05, 4.69) is 4.72 Å². The highest BCUT2D eigenvalue weighted by molar-refractivity contribution is 7.89. The second-order valence-corrected chi connectivity index (χ2v) is 8.83. The molecule has 1 aliphatic rings. The fraction of sp³-hybridized carbons (Fsp3) is 0.350. The quantitative estimate of drug-likeness (QED) is 0.825. The van der Waals surface area contributed by atoms with Crippen LogP contribution in [0.3, 0.4) is 0 Å². The average Bonchev–Trinajstić information content (AvgIpc) is 2.95. The van der Waals surface area contributed by atoms with Gasteiger partial charge in [0.25, 0.3) is 0 Å². The second-order valence-electron chi connectivity index (χ2n) is 7.09. The zero-order valence-corrected chi connectivity index (χ0v) is 16.2. The Hall–Kier alpha value is -2.25. The molecule has 5 nitrogen and oxygen atoms in total. The van der Waals surface area contributed by atoms with Gasteiger partial charge in [0.2, 0.25) is 15.9 Å². The zero-order valence-electron chi connectivity index (χ0n) is 15.4. The van der Waals surface area contributed by atoms with Crippen molar-refractivity contribution < 1.29 is 17.6 Å². The van der Waals surface area contributed by atoms with Crippen LogP contribution in [-0.2, 0) is 21.4 Å². The number of nitrogens with zero attached hydrogens (tertiary/aromatic N) is 1. The third-order valence-electron chi connectivity index (χ3n) is 4.76. The van der Waals surface area contributed by atoms with Crippen LogP contribution in [0.4, 0.5) is 4.39 Å². The zero-order chi connectivity index (χ0) is 19.6. The molecule has 1 atom stereocenters. The van der Waals surface area contributed by atoms with E-state index in [4.69, 9.17) is 0 Å². The molecule has 27 heavy (non-hydrogen) atoms. The van der Waals surface area contributed by atoms with E-state index in [1.54, 1.807) is 36.1 Å². The molecule has 2 aromatic rings.